The Morgan fingerprint density at radius 3 is 2.33 bits per heavy atom. The monoisotopic (exact) mass is 607 g/mol. The van der Waals surface area contributed by atoms with Gasteiger partial charge in [0.15, 0.2) is 0 Å². The van der Waals surface area contributed by atoms with Crippen molar-refractivity contribution in [1.82, 2.24) is 24.7 Å². The van der Waals surface area contributed by atoms with Crippen molar-refractivity contribution in [1.29, 1.82) is 0 Å². The van der Waals surface area contributed by atoms with Gasteiger partial charge in [-0.15, -0.1) is 0 Å². The molecule has 2 saturated heterocycles. The van der Waals surface area contributed by atoms with Gasteiger partial charge in [-0.3, -0.25) is 14.2 Å². The molecule has 2 aliphatic rings. The van der Waals surface area contributed by atoms with Gasteiger partial charge in [0.2, 0.25) is 11.8 Å². The summed E-state index contributed by atoms with van der Waals surface area (Å²) in [4.78, 5) is 57.7. The molecule has 1 aromatic heterocycles. The number of nitrogens with one attached hydrogen (secondary N) is 2. The molecule has 0 spiro atoms. The van der Waals surface area contributed by atoms with E-state index in [1.165, 1.54) is 4.90 Å². The van der Waals surface area contributed by atoms with Crippen molar-refractivity contribution in [2.45, 2.75) is 57.6 Å². The smallest absolute Gasteiger partial charge is 0.410 e. The summed E-state index contributed by atoms with van der Waals surface area (Å²) in [5.41, 5.74) is 1.99. The second-order valence-corrected chi connectivity index (χ2v) is 12.7. The summed E-state index contributed by atoms with van der Waals surface area (Å²) in [5.74, 6) is -0.625. The predicted octanol–water partition coefficient (Wildman–Crippen LogP) is 4.12. The SMILES string of the molecule is CC(C)(C)OC(=O)N1CC(C(=O)N[C@H](Cc2ccc(Cl)cc2)C(=O)N2CCC(c3ccccc3-n3cc[nH]c3=O)CC2)C1. The summed E-state index contributed by atoms with van der Waals surface area (Å²) in [6.45, 7) is 6.95. The molecular weight excluding hydrogens is 570 g/mol. The number of para-hydroxylation sites is 1. The van der Waals surface area contributed by atoms with Gasteiger partial charge >= 0.3 is 11.8 Å². The van der Waals surface area contributed by atoms with Crippen LogP contribution in [0.3, 0.4) is 0 Å². The highest BCUT2D eigenvalue weighted by Crippen LogP contribution is 2.32. The zero-order chi connectivity index (χ0) is 30.7. The van der Waals surface area contributed by atoms with Crippen molar-refractivity contribution >= 4 is 29.5 Å². The molecule has 228 valence electrons. The van der Waals surface area contributed by atoms with E-state index in [1.54, 1.807) is 49.9 Å². The third-order valence-electron chi connectivity index (χ3n) is 7.96. The Morgan fingerprint density at radius 1 is 1.02 bits per heavy atom. The number of aromatic nitrogens is 2. The number of hydrogen-bond acceptors (Lipinski definition) is 5. The minimum atomic E-state index is -0.758. The van der Waals surface area contributed by atoms with Crippen LogP contribution in [-0.4, -0.2) is 75.1 Å². The lowest BCUT2D eigenvalue weighted by Crippen LogP contribution is -2.59. The number of rotatable bonds is 7. The fourth-order valence-corrected chi connectivity index (χ4v) is 5.79. The molecule has 10 nitrogen and oxygen atoms in total. The number of amides is 3. The van der Waals surface area contributed by atoms with Gasteiger partial charge in [-0.05, 0) is 68.9 Å². The molecule has 0 bridgehead atoms. The first-order valence-electron chi connectivity index (χ1n) is 14.7. The Bertz CT molecular complexity index is 1510. The van der Waals surface area contributed by atoms with Crippen LogP contribution in [0.5, 0.6) is 0 Å². The van der Waals surface area contributed by atoms with E-state index >= 15 is 0 Å². The normalized spacial score (nSPS) is 16.8. The molecule has 2 aliphatic heterocycles. The Morgan fingerprint density at radius 2 is 1.70 bits per heavy atom. The Labute approximate surface area is 256 Å². The zero-order valence-electron chi connectivity index (χ0n) is 24.7. The Balaban J connectivity index is 1.24. The van der Waals surface area contributed by atoms with E-state index in [0.29, 0.717) is 24.5 Å². The number of likely N-dealkylation sites (tertiary alicyclic amines) is 2. The number of carbonyl (C=O) groups is 3. The van der Waals surface area contributed by atoms with Crippen LogP contribution in [-0.2, 0) is 20.7 Å². The highest BCUT2D eigenvalue weighted by atomic mass is 35.5. The quantitative estimate of drug-likeness (QED) is 0.419. The van der Waals surface area contributed by atoms with Crippen LogP contribution in [0.1, 0.15) is 50.7 Å². The standard InChI is InChI=1S/C32H38ClN5O5/c1-32(2,3)43-31(42)37-19-23(20-37)28(39)35-26(18-21-8-10-24(33)11-9-21)29(40)36-15-12-22(13-16-36)25-6-4-5-7-27(25)38-17-14-34-30(38)41/h4-11,14,17,22-23,26H,12-13,15-16,18-20H2,1-3H3,(H,34,41)(H,35,39)/t26-/m1/s1. The van der Waals surface area contributed by atoms with Crippen molar-refractivity contribution in [2.24, 2.45) is 5.92 Å². The van der Waals surface area contributed by atoms with Gasteiger partial charge in [0, 0.05) is 50.0 Å². The number of aromatic amines is 1. The van der Waals surface area contributed by atoms with Gasteiger partial charge in [-0.25, -0.2) is 9.59 Å². The number of benzene rings is 2. The van der Waals surface area contributed by atoms with Gasteiger partial charge in [0.05, 0.1) is 11.6 Å². The Hall–Kier alpha value is -4.05. The van der Waals surface area contributed by atoms with E-state index in [4.69, 9.17) is 16.3 Å². The number of piperidine rings is 1. The molecule has 2 fully saturated rings. The molecule has 5 rings (SSSR count). The molecule has 2 aromatic carbocycles. The number of carbonyl (C=O) groups excluding carboxylic acids is 3. The number of nitrogens with zero attached hydrogens (tertiary/aromatic N) is 3. The molecule has 0 saturated carbocycles. The fraction of sp³-hybridized carbons (Fsp3) is 0.438. The van der Waals surface area contributed by atoms with Crippen molar-refractivity contribution in [3.05, 3.63) is 87.6 Å². The lowest BCUT2D eigenvalue weighted by molar-refractivity contribution is -0.139. The minimum absolute atomic E-state index is 0.139. The molecule has 3 amide bonds. The molecule has 2 N–H and O–H groups in total. The number of hydrogen-bond donors (Lipinski definition) is 2. The van der Waals surface area contributed by atoms with E-state index in [-0.39, 0.29) is 36.5 Å². The summed E-state index contributed by atoms with van der Waals surface area (Å²) in [6, 6.07) is 14.3. The topological polar surface area (TPSA) is 117 Å². The molecule has 0 unspecified atom stereocenters. The second-order valence-electron chi connectivity index (χ2n) is 12.3. The third kappa shape index (κ3) is 7.30. The molecule has 3 aromatic rings. The highest BCUT2D eigenvalue weighted by molar-refractivity contribution is 6.30. The number of H-pyrrole nitrogens is 1. The van der Waals surface area contributed by atoms with Crippen molar-refractivity contribution < 1.29 is 19.1 Å². The van der Waals surface area contributed by atoms with Crippen molar-refractivity contribution in [3.8, 4) is 5.69 Å². The zero-order valence-corrected chi connectivity index (χ0v) is 25.5. The van der Waals surface area contributed by atoms with Crippen molar-refractivity contribution in [3.63, 3.8) is 0 Å². The lowest BCUT2D eigenvalue weighted by atomic mass is 9.87. The summed E-state index contributed by atoms with van der Waals surface area (Å²) in [7, 11) is 0. The lowest BCUT2D eigenvalue weighted by Gasteiger charge is -2.40. The van der Waals surface area contributed by atoms with Crippen LogP contribution in [0.2, 0.25) is 5.02 Å². The van der Waals surface area contributed by atoms with Crippen LogP contribution in [0.15, 0.2) is 65.7 Å². The minimum Gasteiger partial charge on any atom is -0.444 e. The van der Waals surface area contributed by atoms with Crippen molar-refractivity contribution in [2.75, 3.05) is 26.2 Å². The van der Waals surface area contributed by atoms with E-state index in [0.717, 1.165) is 29.7 Å². The molecule has 0 radical (unpaired) electrons. The first kappa shape index (κ1) is 30.4. The number of ether oxygens (including phenoxy) is 1. The maximum atomic E-state index is 13.9. The van der Waals surface area contributed by atoms with Crippen LogP contribution < -0.4 is 11.0 Å². The first-order valence-corrected chi connectivity index (χ1v) is 15.0. The molecule has 43 heavy (non-hydrogen) atoms. The summed E-state index contributed by atoms with van der Waals surface area (Å²) >= 11 is 6.07. The molecule has 11 heteroatoms. The Kier molecular flexibility index (Phi) is 8.96. The summed E-state index contributed by atoms with van der Waals surface area (Å²) in [5, 5.41) is 3.57. The van der Waals surface area contributed by atoms with Crippen LogP contribution in [0, 0.1) is 5.92 Å². The first-order chi connectivity index (χ1) is 20.5. The molecule has 1 atom stereocenters. The summed E-state index contributed by atoms with van der Waals surface area (Å²) in [6.07, 6.45) is 4.68. The van der Waals surface area contributed by atoms with E-state index < -0.39 is 23.7 Å². The van der Waals surface area contributed by atoms with Gasteiger partial charge < -0.3 is 24.8 Å². The largest absolute Gasteiger partial charge is 0.444 e. The van der Waals surface area contributed by atoms with E-state index in [9.17, 15) is 19.2 Å². The van der Waals surface area contributed by atoms with Gasteiger partial charge in [-0.2, -0.15) is 0 Å². The highest BCUT2D eigenvalue weighted by Gasteiger charge is 2.40. The predicted molar refractivity (Wildman–Crippen MR) is 163 cm³/mol. The molecule has 0 aliphatic carbocycles. The van der Waals surface area contributed by atoms with Crippen LogP contribution >= 0.6 is 11.6 Å². The average Bonchev–Trinajstić information content (AvgIpc) is 3.37. The number of imidazole rings is 1. The molecular formula is C32H38ClN5O5. The maximum absolute atomic E-state index is 13.9. The average molecular weight is 608 g/mol. The second kappa shape index (κ2) is 12.7. The van der Waals surface area contributed by atoms with Crippen LogP contribution in [0.25, 0.3) is 5.69 Å². The van der Waals surface area contributed by atoms with Gasteiger partial charge in [-0.1, -0.05) is 41.9 Å². The summed E-state index contributed by atoms with van der Waals surface area (Å²) < 4.78 is 7.00. The van der Waals surface area contributed by atoms with E-state index in [1.807, 2.05) is 41.3 Å². The maximum Gasteiger partial charge on any atom is 0.410 e. The van der Waals surface area contributed by atoms with Crippen LogP contribution in [0.4, 0.5) is 4.79 Å². The number of halogens is 1. The fourth-order valence-electron chi connectivity index (χ4n) is 5.66. The van der Waals surface area contributed by atoms with E-state index in [2.05, 4.69) is 10.3 Å². The van der Waals surface area contributed by atoms with Gasteiger partial charge in [0.1, 0.15) is 11.6 Å². The van der Waals surface area contributed by atoms with Gasteiger partial charge in [0.25, 0.3) is 0 Å². The molecule has 3 heterocycles. The third-order valence-corrected chi connectivity index (χ3v) is 8.22.